The molecule has 0 aromatic heterocycles. The highest BCUT2D eigenvalue weighted by atomic mass is 19.4. The van der Waals surface area contributed by atoms with Gasteiger partial charge < -0.3 is 0 Å². The molecule has 0 saturated heterocycles. The number of fused-ring (bicyclic) bond motifs is 1. The van der Waals surface area contributed by atoms with E-state index in [0.717, 1.165) is 30.5 Å². The van der Waals surface area contributed by atoms with E-state index in [9.17, 15) is 26.3 Å². The van der Waals surface area contributed by atoms with Gasteiger partial charge in [-0.15, -0.1) is 0 Å². The molecule has 7 heteroatoms. The van der Waals surface area contributed by atoms with Gasteiger partial charge in [0.2, 0.25) is 0 Å². The first-order chi connectivity index (χ1) is 15.6. The number of hydrogen-bond donors (Lipinski definition) is 0. The summed E-state index contributed by atoms with van der Waals surface area (Å²) in [6.07, 6.45) is -3.42. The zero-order chi connectivity index (χ0) is 23.9. The number of hydrogen-bond acceptors (Lipinski definition) is 0. The van der Waals surface area contributed by atoms with E-state index >= 15 is 4.39 Å². The maximum atomic E-state index is 15.2. The maximum Gasteiger partial charge on any atom is 0.422 e. The normalized spacial score (nSPS) is 11.9. The Labute approximate surface area is 185 Å². The topological polar surface area (TPSA) is 0 Å². The predicted molar refractivity (Wildman–Crippen MR) is 114 cm³/mol. The molecule has 0 unspecified atom stereocenters. The van der Waals surface area contributed by atoms with Crippen LogP contribution in [0.5, 0.6) is 0 Å². The smallest absolute Gasteiger partial charge is 0.206 e. The van der Waals surface area contributed by atoms with Crippen molar-refractivity contribution in [2.75, 3.05) is 0 Å². The molecular formula is C26H17F7. The summed E-state index contributed by atoms with van der Waals surface area (Å²) in [5.74, 6) is -5.19. The van der Waals surface area contributed by atoms with Crippen molar-refractivity contribution >= 4 is 10.8 Å². The quantitative estimate of drug-likeness (QED) is 0.266. The third-order valence-corrected chi connectivity index (χ3v) is 5.47. The van der Waals surface area contributed by atoms with Gasteiger partial charge in [-0.1, -0.05) is 55.8 Å². The van der Waals surface area contributed by atoms with Gasteiger partial charge in [0.25, 0.3) is 0 Å². The van der Waals surface area contributed by atoms with E-state index in [-0.39, 0.29) is 16.7 Å². The van der Waals surface area contributed by atoms with Crippen LogP contribution in [-0.4, -0.2) is 0 Å². The first kappa shape index (κ1) is 22.8. The van der Waals surface area contributed by atoms with Crippen LogP contribution in [0, 0.1) is 23.3 Å². The van der Waals surface area contributed by atoms with Gasteiger partial charge in [0.05, 0.1) is 0 Å². The summed E-state index contributed by atoms with van der Waals surface area (Å²) < 4.78 is 96.2. The number of alkyl halides is 3. The second-order valence-electron chi connectivity index (χ2n) is 7.74. The Kier molecular flexibility index (Phi) is 5.91. The van der Waals surface area contributed by atoms with Crippen molar-refractivity contribution < 1.29 is 30.7 Å². The Balaban J connectivity index is 1.75. The van der Waals surface area contributed by atoms with Gasteiger partial charge in [-0.25, -0.2) is 17.6 Å². The summed E-state index contributed by atoms with van der Waals surface area (Å²) in [7, 11) is 0. The van der Waals surface area contributed by atoms with Crippen LogP contribution in [0.2, 0.25) is 0 Å². The van der Waals surface area contributed by atoms with E-state index in [1.807, 2.05) is 19.1 Å². The number of benzene rings is 4. The monoisotopic (exact) mass is 462 g/mol. The van der Waals surface area contributed by atoms with Crippen molar-refractivity contribution in [3.8, 4) is 22.3 Å². The van der Waals surface area contributed by atoms with Crippen LogP contribution < -0.4 is 0 Å². The fraction of sp³-hybridized carbons (Fsp3) is 0.154. The molecule has 0 bridgehead atoms. The molecule has 0 atom stereocenters. The summed E-state index contributed by atoms with van der Waals surface area (Å²) >= 11 is 0. The highest BCUT2D eigenvalue weighted by Gasteiger charge is 2.38. The van der Waals surface area contributed by atoms with Crippen LogP contribution >= 0.6 is 0 Å². The Morgan fingerprint density at radius 2 is 1.30 bits per heavy atom. The number of rotatable bonds is 4. The molecule has 0 N–H and O–H groups in total. The second kappa shape index (κ2) is 8.54. The lowest BCUT2D eigenvalue weighted by molar-refractivity contribution is -0.142. The second-order valence-corrected chi connectivity index (χ2v) is 7.74. The molecule has 4 aromatic rings. The van der Waals surface area contributed by atoms with Gasteiger partial charge in [0.15, 0.2) is 0 Å². The van der Waals surface area contributed by atoms with Crippen molar-refractivity contribution in [1.29, 1.82) is 0 Å². The molecule has 33 heavy (non-hydrogen) atoms. The predicted octanol–water partition coefficient (Wildman–Crippen LogP) is 8.70. The minimum atomic E-state index is -5.22. The van der Waals surface area contributed by atoms with E-state index < -0.39 is 40.6 Å². The standard InChI is InChI=1S/C26H17F7/c1-2-3-14-4-7-19-15(10-14)6-9-20(25(19)30)16-5-8-18(21(27)11-16)17-12-22(28)24(23(29)13-17)26(31,32)33/h4-13H,2-3H2,1H3. The minimum Gasteiger partial charge on any atom is -0.206 e. The van der Waals surface area contributed by atoms with Crippen LogP contribution in [0.3, 0.4) is 0 Å². The summed E-state index contributed by atoms with van der Waals surface area (Å²) in [6.45, 7) is 2.04. The molecule has 0 nitrogen and oxygen atoms in total. The largest absolute Gasteiger partial charge is 0.422 e. The molecule has 0 aliphatic carbocycles. The van der Waals surface area contributed by atoms with Crippen molar-refractivity contribution in [2.45, 2.75) is 25.9 Å². The highest BCUT2D eigenvalue weighted by molar-refractivity contribution is 5.89. The van der Waals surface area contributed by atoms with Crippen LogP contribution in [0.15, 0.2) is 60.7 Å². The third kappa shape index (κ3) is 4.32. The van der Waals surface area contributed by atoms with E-state index in [1.165, 1.54) is 12.1 Å². The Morgan fingerprint density at radius 1 is 0.667 bits per heavy atom. The fourth-order valence-electron chi connectivity index (χ4n) is 3.92. The lowest BCUT2D eigenvalue weighted by Gasteiger charge is -2.13. The summed E-state index contributed by atoms with van der Waals surface area (Å²) in [5, 5.41) is 1.07. The lowest BCUT2D eigenvalue weighted by atomic mass is 9.95. The van der Waals surface area contributed by atoms with Crippen LogP contribution in [0.4, 0.5) is 30.7 Å². The Hall–Kier alpha value is -3.35. The molecule has 0 spiro atoms. The highest BCUT2D eigenvalue weighted by Crippen LogP contribution is 2.37. The zero-order valence-electron chi connectivity index (χ0n) is 17.3. The lowest BCUT2D eigenvalue weighted by Crippen LogP contribution is -2.11. The number of halogens is 7. The molecule has 0 amide bonds. The molecular weight excluding hydrogens is 445 g/mol. The van der Waals surface area contributed by atoms with Crippen LogP contribution in [0.1, 0.15) is 24.5 Å². The minimum absolute atomic E-state index is 0.126. The Bertz CT molecular complexity index is 1330. The molecule has 0 saturated carbocycles. The first-order valence-electron chi connectivity index (χ1n) is 10.2. The SMILES string of the molecule is CCCc1ccc2c(F)c(-c3ccc(-c4cc(F)c(C(F)(F)F)c(F)c4)c(F)c3)ccc2c1. The molecule has 0 aliphatic heterocycles. The summed E-state index contributed by atoms with van der Waals surface area (Å²) in [5.41, 5.74) is -1.37. The van der Waals surface area contributed by atoms with Gasteiger partial charge in [0.1, 0.15) is 28.8 Å². The van der Waals surface area contributed by atoms with Gasteiger partial charge in [-0.2, -0.15) is 13.2 Å². The molecule has 4 aromatic carbocycles. The zero-order valence-corrected chi connectivity index (χ0v) is 17.3. The Morgan fingerprint density at radius 3 is 1.91 bits per heavy atom. The summed E-state index contributed by atoms with van der Waals surface area (Å²) in [6, 6.07) is 13.0. The molecule has 0 radical (unpaired) electrons. The van der Waals surface area contributed by atoms with Crippen LogP contribution in [-0.2, 0) is 12.6 Å². The van der Waals surface area contributed by atoms with Crippen molar-refractivity contribution in [3.63, 3.8) is 0 Å². The fourth-order valence-corrected chi connectivity index (χ4v) is 3.92. The van der Waals surface area contributed by atoms with Crippen molar-refractivity contribution in [3.05, 3.63) is 95.1 Å². The van der Waals surface area contributed by atoms with Crippen LogP contribution in [0.25, 0.3) is 33.0 Å². The molecule has 0 fully saturated rings. The van der Waals surface area contributed by atoms with E-state index in [0.29, 0.717) is 22.9 Å². The molecule has 170 valence electrons. The molecule has 0 aliphatic rings. The first-order valence-corrected chi connectivity index (χ1v) is 10.2. The van der Waals surface area contributed by atoms with E-state index in [4.69, 9.17) is 0 Å². The molecule has 0 heterocycles. The van der Waals surface area contributed by atoms with Crippen molar-refractivity contribution in [2.24, 2.45) is 0 Å². The van der Waals surface area contributed by atoms with E-state index in [1.54, 1.807) is 12.1 Å². The van der Waals surface area contributed by atoms with E-state index in [2.05, 4.69) is 0 Å². The van der Waals surface area contributed by atoms with Gasteiger partial charge in [-0.3, -0.25) is 0 Å². The number of aryl methyl sites for hydroxylation is 1. The average molecular weight is 462 g/mol. The van der Waals surface area contributed by atoms with Gasteiger partial charge in [-0.05, 0) is 46.7 Å². The summed E-state index contributed by atoms with van der Waals surface area (Å²) in [4.78, 5) is 0. The molecule has 4 rings (SSSR count). The maximum absolute atomic E-state index is 15.2. The van der Waals surface area contributed by atoms with Gasteiger partial charge >= 0.3 is 6.18 Å². The van der Waals surface area contributed by atoms with Gasteiger partial charge in [0, 0.05) is 16.5 Å². The average Bonchev–Trinajstić information content (AvgIpc) is 2.72. The third-order valence-electron chi connectivity index (χ3n) is 5.47. The van der Waals surface area contributed by atoms with Crippen molar-refractivity contribution in [1.82, 2.24) is 0 Å².